The lowest BCUT2D eigenvalue weighted by atomic mass is 10.1. The second-order valence-electron chi connectivity index (χ2n) is 4.21. The van der Waals surface area contributed by atoms with Gasteiger partial charge in [0.2, 0.25) is 0 Å². The molecule has 6 heteroatoms. The fourth-order valence-electron chi connectivity index (χ4n) is 1.84. The molecule has 2 heterocycles. The van der Waals surface area contributed by atoms with Crippen molar-refractivity contribution in [1.29, 1.82) is 0 Å². The highest BCUT2D eigenvalue weighted by Crippen LogP contribution is 2.18. The smallest absolute Gasteiger partial charge is 0.261 e. The van der Waals surface area contributed by atoms with Gasteiger partial charge in [0.15, 0.2) is 0 Å². The Labute approximate surface area is 118 Å². The fraction of sp³-hybridized carbons (Fsp3) is 0.154. The maximum Gasteiger partial charge on any atom is 0.261 e. The van der Waals surface area contributed by atoms with Gasteiger partial charge >= 0.3 is 0 Å². The van der Waals surface area contributed by atoms with E-state index >= 15 is 0 Å². The van der Waals surface area contributed by atoms with Crippen LogP contribution in [0.4, 0.5) is 0 Å². The minimum atomic E-state index is 0.0651. The van der Waals surface area contributed by atoms with Crippen LogP contribution >= 0.6 is 23.1 Å². The predicted molar refractivity (Wildman–Crippen MR) is 77.8 cm³/mol. The molecule has 0 saturated heterocycles. The maximum atomic E-state index is 11.7. The SMILES string of the molecule is Cc1cc(=O)n(Cc2ccc(-c3csnn3)cc2)s1. The van der Waals surface area contributed by atoms with E-state index in [1.807, 2.05) is 36.6 Å². The molecule has 0 aliphatic heterocycles. The lowest BCUT2D eigenvalue weighted by Crippen LogP contribution is -2.12. The lowest BCUT2D eigenvalue weighted by molar-refractivity contribution is 0.849. The van der Waals surface area contributed by atoms with E-state index in [1.54, 1.807) is 10.0 Å². The van der Waals surface area contributed by atoms with Gasteiger partial charge in [-0.05, 0) is 24.0 Å². The van der Waals surface area contributed by atoms with Crippen LogP contribution in [0.2, 0.25) is 0 Å². The molecule has 96 valence electrons. The van der Waals surface area contributed by atoms with Gasteiger partial charge in [0.05, 0.1) is 6.54 Å². The third-order valence-electron chi connectivity index (χ3n) is 2.76. The summed E-state index contributed by atoms with van der Waals surface area (Å²) in [6, 6.07) is 9.74. The normalized spacial score (nSPS) is 10.8. The van der Waals surface area contributed by atoms with E-state index in [4.69, 9.17) is 0 Å². The van der Waals surface area contributed by atoms with Crippen molar-refractivity contribution in [3.05, 3.63) is 56.5 Å². The van der Waals surface area contributed by atoms with Crippen molar-refractivity contribution in [3.8, 4) is 11.3 Å². The van der Waals surface area contributed by atoms with Crippen molar-refractivity contribution in [2.75, 3.05) is 0 Å². The number of benzene rings is 1. The van der Waals surface area contributed by atoms with Gasteiger partial charge in [-0.2, -0.15) is 0 Å². The quantitative estimate of drug-likeness (QED) is 0.745. The van der Waals surface area contributed by atoms with Crippen molar-refractivity contribution in [3.63, 3.8) is 0 Å². The Bertz CT molecular complexity index is 726. The van der Waals surface area contributed by atoms with Crippen LogP contribution in [0.3, 0.4) is 0 Å². The summed E-state index contributed by atoms with van der Waals surface area (Å²) in [5, 5.41) is 5.95. The summed E-state index contributed by atoms with van der Waals surface area (Å²) in [6.45, 7) is 2.56. The summed E-state index contributed by atoms with van der Waals surface area (Å²) in [4.78, 5) is 12.7. The van der Waals surface area contributed by atoms with Crippen molar-refractivity contribution in [2.24, 2.45) is 0 Å². The molecule has 0 fully saturated rings. The van der Waals surface area contributed by atoms with Gasteiger partial charge in [-0.25, -0.2) is 0 Å². The van der Waals surface area contributed by atoms with Crippen LogP contribution in [0, 0.1) is 6.92 Å². The van der Waals surface area contributed by atoms with Crippen molar-refractivity contribution < 1.29 is 0 Å². The number of nitrogens with zero attached hydrogens (tertiary/aromatic N) is 3. The van der Waals surface area contributed by atoms with Gasteiger partial charge in [0.25, 0.3) is 5.56 Å². The number of aryl methyl sites for hydroxylation is 1. The fourth-order valence-corrected chi connectivity index (χ4v) is 3.16. The van der Waals surface area contributed by atoms with Crippen molar-refractivity contribution >= 4 is 23.1 Å². The topological polar surface area (TPSA) is 47.8 Å². The predicted octanol–water partition coefficient (Wildman–Crippen LogP) is 2.79. The Hall–Kier alpha value is -1.79. The molecule has 0 atom stereocenters. The lowest BCUT2D eigenvalue weighted by Gasteiger charge is -2.02. The highest BCUT2D eigenvalue weighted by Gasteiger charge is 2.04. The Morgan fingerprint density at radius 3 is 2.63 bits per heavy atom. The standard InChI is InChI=1S/C13H11N3OS2/c1-9-6-13(17)16(19-9)7-10-2-4-11(5-3-10)12-8-18-15-14-12/h2-6,8H,7H2,1H3. The number of aromatic nitrogens is 3. The molecule has 0 amide bonds. The molecule has 0 unspecified atom stereocenters. The van der Waals surface area contributed by atoms with Crippen LogP contribution in [0.5, 0.6) is 0 Å². The third kappa shape index (κ3) is 2.64. The molecule has 0 bridgehead atoms. The third-order valence-corrected chi connectivity index (χ3v) is 4.20. The molecule has 0 radical (unpaired) electrons. The van der Waals surface area contributed by atoms with E-state index in [-0.39, 0.29) is 5.56 Å². The Morgan fingerprint density at radius 1 is 1.26 bits per heavy atom. The van der Waals surface area contributed by atoms with Crippen molar-refractivity contribution in [2.45, 2.75) is 13.5 Å². The summed E-state index contributed by atoms with van der Waals surface area (Å²) < 4.78 is 5.61. The summed E-state index contributed by atoms with van der Waals surface area (Å²) in [6.07, 6.45) is 0. The average Bonchev–Trinajstić information content (AvgIpc) is 3.01. The van der Waals surface area contributed by atoms with Crippen LogP contribution in [0.25, 0.3) is 11.3 Å². The molecule has 3 rings (SSSR count). The maximum absolute atomic E-state index is 11.7. The Kier molecular flexibility index (Phi) is 3.27. The molecule has 2 aromatic heterocycles. The molecule has 0 spiro atoms. The molecule has 4 nitrogen and oxygen atoms in total. The van der Waals surface area contributed by atoms with Crippen LogP contribution in [0.1, 0.15) is 10.4 Å². The molecule has 1 aromatic carbocycles. The summed E-state index contributed by atoms with van der Waals surface area (Å²) in [7, 11) is 0. The Morgan fingerprint density at radius 2 is 2.05 bits per heavy atom. The van der Waals surface area contributed by atoms with Crippen LogP contribution in [-0.4, -0.2) is 13.5 Å². The zero-order chi connectivity index (χ0) is 13.2. The molecular weight excluding hydrogens is 278 g/mol. The summed E-state index contributed by atoms with van der Waals surface area (Å²) in [5.74, 6) is 0. The summed E-state index contributed by atoms with van der Waals surface area (Å²) in [5.41, 5.74) is 3.11. The minimum absolute atomic E-state index is 0.0651. The zero-order valence-electron chi connectivity index (χ0n) is 10.2. The van der Waals surface area contributed by atoms with Gasteiger partial charge < -0.3 is 0 Å². The highest BCUT2D eigenvalue weighted by atomic mass is 32.1. The molecule has 19 heavy (non-hydrogen) atoms. The van der Waals surface area contributed by atoms with Gasteiger partial charge in [-0.3, -0.25) is 8.75 Å². The van der Waals surface area contributed by atoms with Crippen LogP contribution < -0.4 is 5.56 Å². The zero-order valence-corrected chi connectivity index (χ0v) is 11.9. The number of hydrogen-bond acceptors (Lipinski definition) is 5. The second-order valence-corrected chi connectivity index (χ2v) is 6.09. The first kappa shape index (κ1) is 12.3. The monoisotopic (exact) mass is 289 g/mol. The van der Waals surface area contributed by atoms with E-state index in [0.717, 1.165) is 21.7 Å². The van der Waals surface area contributed by atoms with Gasteiger partial charge in [-0.1, -0.05) is 40.3 Å². The largest absolute Gasteiger partial charge is 0.268 e. The number of hydrogen-bond donors (Lipinski definition) is 0. The first-order valence-electron chi connectivity index (χ1n) is 5.76. The molecule has 3 aromatic rings. The van der Waals surface area contributed by atoms with E-state index in [2.05, 4.69) is 9.59 Å². The van der Waals surface area contributed by atoms with Crippen LogP contribution in [-0.2, 0) is 6.54 Å². The highest BCUT2D eigenvalue weighted by molar-refractivity contribution is 7.06. The second kappa shape index (κ2) is 5.07. The summed E-state index contributed by atoms with van der Waals surface area (Å²) >= 11 is 2.84. The molecule has 0 aliphatic rings. The molecule has 0 N–H and O–H groups in total. The van der Waals surface area contributed by atoms with Gasteiger partial charge in [0.1, 0.15) is 5.69 Å². The van der Waals surface area contributed by atoms with Crippen LogP contribution in [0.15, 0.2) is 40.5 Å². The minimum Gasteiger partial charge on any atom is -0.268 e. The molecule has 0 saturated carbocycles. The number of rotatable bonds is 3. The first-order chi connectivity index (χ1) is 9.22. The van der Waals surface area contributed by atoms with Crippen molar-refractivity contribution in [1.82, 2.24) is 13.5 Å². The van der Waals surface area contributed by atoms with E-state index in [1.165, 1.54) is 23.1 Å². The first-order valence-corrected chi connectivity index (χ1v) is 7.37. The van der Waals surface area contributed by atoms with E-state index in [0.29, 0.717) is 6.54 Å². The molecular formula is C13H11N3OS2. The van der Waals surface area contributed by atoms with E-state index < -0.39 is 0 Å². The Balaban J connectivity index is 1.83. The van der Waals surface area contributed by atoms with Gasteiger partial charge in [-0.15, -0.1) is 5.10 Å². The average molecular weight is 289 g/mol. The van der Waals surface area contributed by atoms with Gasteiger partial charge in [0, 0.05) is 21.9 Å². The molecule has 0 aliphatic carbocycles. The van der Waals surface area contributed by atoms with E-state index in [9.17, 15) is 4.79 Å².